The molecule has 0 saturated heterocycles. The number of para-hydroxylation sites is 1. The van der Waals surface area contributed by atoms with Crippen molar-refractivity contribution in [3.63, 3.8) is 0 Å². The Morgan fingerprint density at radius 2 is 1.92 bits per heavy atom. The van der Waals surface area contributed by atoms with E-state index in [0.29, 0.717) is 5.70 Å². The number of esters is 1. The minimum atomic E-state index is -1.08. The maximum absolute atomic E-state index is 12.5. The predicted octanol–water partition coefficient (Wildman–Crippen LogP) is 0.976. The van der Waals surface area contributed by atoms with E-state index in [-0.39, 0.29) is 28.2 Å². The van der Waals surface area contributed by atoms with Gasteiger partial charge in [0, 0.05) is 17.3 Å². The number of hydrogen-bond donors (Lipinski definition) is 3. The summed E-state index contributed by atoms with van der Waals surface area (Å²) in [4.78, 5) is 51.8. The first-order chi connectivity index (χ1) is 12.3. The van der Waals surface area contributed by atoms with Crippen LogP contribution in [0.2, 0.25) is 0 Å². The molecule has 1 aliphatic rings. The smallest absolute Gasteiger partial charge is 0.336 e. The number of nitro benzene ring substituents is 1. The van der Waals surface area contributed by atoms with Crippen molar-refractivity contribution < 1.29 is 14.5 Å². The highest BCUT2D eigenvalue weighted by molar-refractivity contribution is 5.94. The first-order valence-corrected chi connectivity index (χ1v) is 7.51. The highest BCUT2D eigenvalue weighted by Crippen LogP contribution is 2.42. The van der Waals surface area contributed by atoms with E-state index in [2.05, 4.69) is 15.3 Å². The van der Waals surface area contributed by atoms with Crippen molar-refractivity contribution in [1.82, 2.24) is 9.97 Å². The number of H-pyrrole nitrogens is 2. The number of methoxy groups -OCH3 is 1. The van der Waals surface area contributed by atoms with Crippen LogP contribution in [0, 0.1) is 10.1 Å². The summed E-state index contributed by atoms with van der Waals surface area (Å²) in [6, 6.07) is 5.78. The number of carbonyl (C=O) groups excluding carboxylic acids is 1. The summed E-state index contributed by atoms with van der Waals surface area (Å²) < 4.78 is 4.80. The molecule has 1 aromatic carbocycles. The fourth-order valence-corrected chi connectivity index (χ4v) is 3.08. The molecule has 0 radical (unpaired) electrons. The molecule has 0 amide bonds. The Hall–Kier alpha value is -3.69. The number of fused-ring (bicyclic) bond motifs is 1. The molecule has 26 heavy (non-hydrogen) atoms. The van der Waals surface area contributed by atoms with Crippen molar-refractivity contribution in [2.45, 2.75) is 12.8 Å². The van der Waals surface area contributed by atoms with Gasteiger partial charge in [-0.2, -0.15) is 0 Å². The van der Waals surface area contributed by atoms with Gasteiger partial charge in [0.05, 0.1) is 29.1 Å². The van der Waals surface area contributed by atoms with Gasteiger partial charge in [-0.1, -0.05) is 18.2 Å². The molecule has 0 spiro atoms. The van der Waals surface area contributed by atoms with Crippen LogP contribution >= 0.6 is 0 Å². The van der Waals surface area contributed by atoms with Crippen LogP contribution in [0.25, 0.3) is 0 Å². The topological polar surface area (TPSA) is 147 Å². The zero-order valence-electron chi connectivity index (χ0n) is 13.8. The fourth-order valence-electron chi connectivity index (χ4n) is 3.08. The summed E-state index contributed by atoms with van der Waals surface area (Å²) in [7, 11) is 1.17. The van der Waals surface area contributed by atoms with E-state index in [1.165, 1.54) is 25.3 Å². The number of benzene rings is 1. The number of hydrogen-bond acceptors (Lipinski definition) is 7. The molecule has 10 heteroatoms. The van der Waals surface area contributed by atoms with Crippen molar-refractivity contribution in [3.05, 3.63) is 77.6 Å². The molecule has 2 aromatic rings. The van der Waals surface area contributed by atoms with Crippen LogP contribution in [-0.2, 0) is 9.53 Å². The molecule has 0 aliphatic carbocycles. The number of nitrogens with zero attached hydrogens (tertiary/aromatic N) is 1. The lowest BCUT2D eigenvalue weighted by Crippen LogP contribution is -2.35. The van der Waals surface area contributed by atoms with Gasteiger partial charge in [-0.05, 0) is 6.92 Å². The quantitative estimate of drug-likeness (QED) is 0.421. The Labute approximate surface area is 145 Å². The summed E-state index contributed by atoms with van der Waals surface area (Å²) in [5, 5.41) is 14.2. The zero-order chi connectivity index (χ0) is 19.0. The standard InChI is InChI=1S/C16H14N4O6/c1-7-10(15(22)26-2)11(8-5-3-4-6-9(8)20(24)25)12-13(17-7)18-16(23)19-14(12)21/h3-6,11H,1-2H3,(H3,17,18,19,21,23)/t11-/m1/s1. The van der Waals surface area contributed by atoms with Crippen molar-refractivity contribution >= 4 is 17.5 Å². The molecule has 10 nitrogen and oxygen atoms in total. The molecule has 3 rings (SSSR count). The average Bonchev–Trinajstić information content (AvgIpc) is 2.59. The second kappa shape index (κ2) is 6.31. The van der Waals surface area contributed by atoms with Crippen LogP contribution in [0.1, 0.15) is 24.0 Å². The van der Waals surface area contributed by atoms with Gasteiger partial charge in [0.2, 0.25) is 0 Å². The first-order valence-electron chi connectivity index (χ1n) is 7.51. The van der Waals surface area contributed by atoms with Crippen molar-refractivity contribution in [3.8, 4) is 0 Å². The Bertz CT molecular complexity index is 1060. The van der Waals surface area contributed by atoms with Crippen molar-refractivity contribution in [2.24, 2.45) is 0 Å². The van der Waals surface area contributed by atoms with Gasteiger partial charge < -0.3 is 10.1 Å². The highest BCUT2D eigenvalue weighted by atomic mass is 16.6. The monoisotopic (exact) mass is 358 g/mol. The molecular weight excluding hydrogens is 344 g/mol. The molecular formula is C16H14N4O6. The van der Waals surface area contributed by atoms with Crippen LogP contribution < -0.4 is 16.6 Å². The number of anilines is 1. The molecule has 0 fully saturated rings. The Morgan fingerprint density at radius 3 is 2.58 bits per heavy atom. The third-order valence-corrected chi connectivity index (χ3v) is 4.12. The van der Waals surface area contributed by atoms with Crippen LogP contribution in [0.15, 0.2) is 45.1 Å². The largest absolute Gasteiger partial charge is 0.466 e. The van der Waals surface area contributed by atoms with Gasteiger partial charge in [0.15, 0.2) is 0 Å². The second-order valence-corrected chi connectivity index (χ2v) is 5.60. The summed E-state index contributed by atoms with van der Waals surface area (Å²) in [5.74, 6) is -1.75. The van der Waals surface area contributed by atoms with Crippen LogP contribution in [0.5, 0.6) is 0 Å². The Kier molecular flexibility index (Phi) is 4.16. The molecule has 2 heterocycles. The number of rotatable bonds is 3. The lowest BCUT2D eigenvalue weighted by Gasteiger charge is -2.28. The van der Waals surface area contributed by atoms with E-state index in [0.717, 1.165) is 0 Å². The lowest BCUT2D eigenvalue weighted by atomic mass is 9.81. The Balaban J connectivity index is 2.40. The number of aromatic amines is 2. The average molecular weight is 358 g/mol. The normalized spacial score (nSPS) is 15.8. The first kappa shape index (κ1) is 17.1. The van der Waals surface area contributed by atoms with Gasteiger partial charge in [-0.15, -0.1) is 0 Å². The van der Waals surface area contributed by atoms with Gasteiger partial charge in [-0.3, -0.25) is 24.9 Å². The molecule has 0 bridgehead atoms. The fraction of sp³-hybridized carbons (Fsp3) is 0.188. The van der Waals surface area contributed by atoms with Gasteiger partial charge in [0.1, 0.15) is 5.82 Å². The highest BCUT2D eigenvalue weighted by Gasteiger charge is 2.38. The number of allylic oxidation sites excluding steroid dienone is 1. The molecule has 134 valence electrons. The number of nitrogens with one attached hydrogen (secondary N) is 3. The summed E-state index contributed by atoms with van der Waals surface area (Å²) in [5.41, 5.74) is -1.27. The number of ether oxygens (including phenoxy) is 1. The van der Waals surface area contributed by atoms with E-state index in [4.69, 9.17) is 4.74 Å². The van der Waals surface area contributed by atoms with E-state index in [9.17, 15) is 24.5 Å². The number of aromatic nitrogens is 2. The van der Waals surface area contributed by atoms with Gasteiger partial charge in [0.25, 0.3) is 11.2 Å². The lowest BCUT2D eigenvalue weighted by molar-refractivity contribution is -0.385. The third kappa shape index (κ3) is 2.66. The van der Waals surface area contributed by atoms with Gasteiger partial charge >= 0.3 is 11.7 Å². The molecule has 1 aliphatic heterocycles. The Morgan fingerprint density at radius 1 is 1.23 bits per heavy atom. The van der Waals surface area contributed by atoms with E-state index in [1.54, 1.807) is 13.0 Å². The summed E-state index contributed by atoms with van der Waals surface area (Å²) in [6.45, 7) is 1.55. The van der Waals surface area contributed by atoms with E-state index >= 15 is 0 Å². The minimum Gasteiger partial charge on any atom is -0.466 e. The predicted molar refractivity (Wildman–Crippen MR) is 91.0 cm³/mol. The molecule has 1 aromatic heterocycles. The maximum atomic E-state index is 12.5. The number of carbonyl (C=O) groups is 1. The van der Waals surface area contributed by atoms with Crippen LogP contribution in [0.4, 0.5) is 11.5 Å². The van der Waals surface area contributed by atoms with Crippen molar-refractivity contribution in [2.75, 3.05) is 12.4 Å². The minimum absolute atomic E-state index is 0.00935. The van der Waals surface area contributed by atoms with Crippen LogP contribution in [-0.4, -0.2) is 28.0 Å². The maximum Gasteiger partial charge on any atom is 0.336 e. The van der Waals surface area contributed by atoms with Crippen LogP contribution in [0.3, 0.4) is 0 Å². The third-order valence-electron chi connectivity index (χ3n) is 4.12. The SMILES string of the molecule is COC(=O)C1=C(C)Nc2[nH]c(=O)[nH]c(=O)c2[C@@H]1c1ccccc1[N+](=O)[O-]. The van der Waals surface area contributed by atoms with E-state index in [1.807, 2.05) is 0 Å². The molecule has 3 N–H and O–H groups in total. The second-order valence-electron chi connectivity index (χ2n) is 5.60. The summed E-state index contributed by atoms with van der Waals surface area (Å²) in [6.07, 6.45) is 0. The van der Waals surface area contributed by atoms with E-state index < -0.39 is 28.1 Å². The van der Waals surface area contributed by atoms with Gasteiger partial charge in [-0.25, -0.2) is 9.59 Å². The summed E-state index contributed by atoms with van der Waals surface area (Å²) >= 11 is 0. The number of nitro groups is 1. The molecule has 0 saturated carbocycles. The molecule has 1 atom stereocenters. The van der Waals surface area contributed by atoms with Crippen molar-refractivity contribution in [1.29, 1.82) is 0 Å². The zero-order valence-corrected chi connectivity index (χ0v) is 13.8. The molecule has 0 unspecified atom stereocenters.